The lowest BCUT2D eigenvalue weighted by atomic mass is 10.1. The number of alkyl halides is 3. The van der Waals surface area contributed by atoms with E-state index in [4.69, 9.17) is 0 Å². The minimum absolute atomic E-state index is 0.134. The molecule has 0 aliphatic rings. The van der Waals surface area contributed by atoms with Gasteiger partial charge in [-0.25, -0.2) is 4.68 Å². The summed E-state index contributed by atoms with van der Waals surface area (Å²) in [5.74, 6) is -0.689. The molecule has 184 valence electrons. The van der Waals surface area contributed by atoms with Crippen LogP contribution in [0.5, 0.6) is 0 Å². The van der Waals surface area contributed by atoms with Crippen molar-refractivity contribution in [2.45, 2.75) is 33.1 Å². The van der Waals surface area contributed by atoms with E-state index in [2.05, 4.69) is 10.1 Å². The Morgan fingerprint density at radius 3 is 2.39 bits per heavy atom. The van der Waals surface area contributed by atoms with E-state index in [0.29, 0.717) is 0 Å². The van der Waals surface area contributed by atoms with Crippen molar-refractivity contribution in [3.63, 3.8) is 0 Å². The van der Waals surface area contributed by atoms with Crippen LogP contribution in [0.3, 0.4) is 0 Å². The number of amides is 1. The van der Waals surface area contributed by atoms with E-state index in [-0.39, 0.29) is 24.5 Å². The van der Waals surface area contributed by atoms with Gasteiger partial charge in [-0.1, -0.05) is 42.5 Å². The molecule has 0 radical (unpaired) electrons. The van der Waals surface area contributed by atoms with E-state index in [1.807, 2.05) is 31.2 Å². The first-order valence-corrected chi connectivity index (χ1v) is 11.2. The fraction of sp³-hybridized carbons (Fsp3) is 0.185. The molecule has 0 saturated heterocycles. The zero-order valence-electron chi connectivity index (χ0n) is 19.7. The number of benzene rings is 2. The van der Waals surface area contributed by atoms with Gasteiger partial charge in [-0.05, 0) is 48.7 Å². The van der Waals surface area contributed by atoms with E-state index < -0.39 is 28.8 Å². The predicted molar refractivity (Wildman–Crippen MR) is 129 cm³/mol. The maximum atomic E-state index is 13.7. The van der Waals surface area contributed by atoms with Gasteiger partial charge in [0, 0.05) is 37.2 Å². The fourth-order valence-electron chi connectivity index (χ4n) is 3.89. The maximum Gasteiger partial charge on any atom is 0.418 e. The summed E-state index contributed by atoms with van der Waals surface area (Å²) in [7, 11) is 0. The Balaban J connectivity index is 1.80. The minimum Gasteiger partial charge on any atom is -0.328 e. The molecule has 0 unspecified atom stereocenters. The van der Waals surface area contributed by atoms with Crippen molar-refractivity contribution < 1.29 is 18.0 Å². The highest BCUT2D eigenvalue weighted by molar-refractivity contribution is 5.92. The summed E-state index contributed by atoms with van der Waals surface area (Å²) in [6.45, 7) is 3.69. The molecule has 4 aromatic rings. The summed E-state index contributed by atoms with van der Waals surface area (Å²) in [6, 6.07) is 17.1. The number of hydrogen-bond acceptors (Lipinski definition) is 4. The van der Waals surface area contributed by atoms with E-state index in [1.165, 1.54) is 30.0 Å². The summed E-state index contributed by atoms with van der Waals surface area (Å²) in [5, 5.41) is 4.14. The van der Waals surface area contributed by atoms with Crippen LogP contribution in [0.2, 0.25) is 0 Å². The highest BCUT2D eigenvalue weighted by Gasteiger charge is 2.34. The molecule has 2 aromatic carbocycles. The van der Waals surface area contributed by atoms with Crippen molar-refractivity contribution in [3.8, 4) is 5.69 Å². The molecule has 0 bridgehead atoms. The van der Waals surface area contributed by atoms with Gasteiger partial charge in [0.2, 0.25) is 5.43 Å². The summed E-state index contributed by atoms with van der Waals surface area (Å²) in [6.07, 6.45) is -1.43. The van der Waals surface area contributed by atoms with E-state index >= 15 is 0 Å². The molecule has 1 amide bonds. The maximum absolute atomic E-state index is 13.7. The van der Waals surface area contributed by atoms with Gasteiger partial charge in [-0.2, -0.15) is 18.3 Å². The number of aryl methyl sites for hydroxylation is 2. The third-order valence-corrected chi connectivity index (χ3v) is 5.75. The van der Waals surface area contributed by atoms with Gasteiger partial charge >= 0.3 is 6.18 Å². The number of aromatic nitrogens is 3. The van der Waals surface area contributed by atoms with Gasteiger partial charge in [0.1, 0.15) is 0 Å². The van der Waals surface area contributed by atoms with Crippen LogP contribution in [-0.4, -0.2) is 25.6 Å². The molecular formula is C27H23F3N4O2. The first kappa shape index (κ1) is 24.8. The molecule has 0 N–H and O–H groups in total. The number of pyridine rings is 1. The van der Waals surface area contributed by atoms with Gasteiger partial charge in [0.15, 0.2) is 5.69 Å². The highest BCUT2D eigenvalue weighted by atomic mass is 19.4. The Kier molecular flexibility index (Phi) is 7.00. The van der Waals surface area contributed by atoms with Crippen molar-refractivity contribution in [1.82, 2.24) is 19.7 Å². The topological polar surface area (TPSA) is 68.1 Å². The number of carbonyl (C=O) groups is 1. The monoisotopic (exact) mass is 492 g/mol. The lowest BCUT2D eigenvalue weighted by Gasteiger charge is -2.24. The Hall–Kier alpha value is -4.27. The summed E-state index contributed by atoms with van der Waals surface area (Å²) in [4.78, 5) is 32.1. The third-order valence-electron chi connectivity index (χ3n) is 5.75. The van der Waals surface area contributed by atoms with E-state index in [9.17, 15) is 22.8 Å². The molecule has 2 heterocycles. The Morgan fingerprint density at radius 1 is 0.972 bits per heavy atom. The number of para-hydroxylation sites is 1. The predicted octanol–water partition coefficient (Wildman–Crippen LogP) is 5.11. The highest BCUT2D eigenvalue weighted by Crippen LogP contribution is 2.33. The van der Waals surface area contributed by atoms with Crippen LogP contribution in [0.25, 0.3) is 5.69 Å². The summed E-state index contributed by atoms with van der Waals surface area (Å²) in [5.41, 5.74) is 0.401. The number of halogens is 3. The Bertz CT molecular complexity index is 1450. The second-order valence-corrected chi connectivity index (χ2v) is 8.37. The van der Waals surface area contributed by atoms with E-state index in [1.54, 1.807) is 24.5 Å². The molecule has 4 rings (SSSR count). The zero-order valence-corrected chi connectivity index (χ0v) is 19.7. The number of rotatable bonds is 6. The van der Waals surface area contributed by atoms with Crippen molar-refractivity contribution in [3.05, 3.63) is 123 Å². The van der Waals surface area contributed by atoms with Gasteiger partial charge in [0.05, 0.1) is 11.3 Å². The van der Waals surface area contributed by atoms with Crippen LogP contribution in [-0.2, 0) is 19.3 Å². The third kappa shape index (κ3) is 5.35. The van der Waals surface area contributed by atoms with Gasteiger partial charge in [-0.3, -0.25) is 14.6 Å². The Labute approximate surface area is 205 Å². The molecule has 0 aliphatic heterocycles. The van der Waals surface area contributed by atoms with Gasteiger partial charge in [0.25, 0.3) is 5.91 Å². The van der Waals surface area contributed by atoms with E-state index in [0.717, 1.165) is 33.5 Å². The lowest BCUT2D eigenvalue weighted by molar-refractivity contribution is -0.137. The molecular weight excluding hydrogens is 469 g/mol. The van der Waals surface area contributed by atoms with Crippen LogP contribution in [0, 0.1) is 13.8 Å². The number of nitrogens with zero attached hydrogens (tertiary/aromatic N) is 4. The van der Waals surface area contributed by atoms with Crippen molar-refractivity contribution in [2.75, 3.05) is 0 Å². The SMILES string of the molecule is Cc1ccccc1CN(Cc1cccnc1)C(=O)c1nn(-c2ccccc2C(F)(F)F)c(C)cc1=O. The average Bonchev–Trinajstić information content (AvgIpc) is 2.85. The molecule has 0 fully saturated rings. The van der Waals surface area contributed by atoms with Crippen LogP contribution in [0.4, 0.5) is 13.2 Å². The standard InChI is InChI=1S/C27H23F3N4O2/c1-18-8-3-4-10-21(18)17-33(16-20-9-7-13-31-15-20)26(36)25-24(35)14-19(2)34(32-25)23-12-6-5-11-22(23)27(28,29)30/h3-15H,16-17H2,1-2H3. The molecule has 36 heavy (non-hydrogen) atoms. The fourth-order valence-corrected chi connectivity index (χ4v) is 3.89. The van der Waals surface area contributed by atoms with Crippen molar-refractivity contribution in [1.29, 1.82) is 0 Å². The normalized spacial score (nSPS) is 11.4. The zero-order chi connectivity index (χ0) is 25.9. The quantitative estimate of drug-likeness (QED) is 0.375. The minimum atomic E-state index is -4.64. The van der Waals surface area contributed by atoms with Crippen molar-refractivity contribution >= 4 is 5.91 Å². The molecule has 6 nitrogen and oxygen atoms in total. The summed E-state index contributed by atoms with van der Waals surface area (Å²) >= 11 is 0. The van der Waals surface area contributed by atoms with Crippen LogP contribution in [0.1, 0.15) is 38.4 Å². The van der Waals surface area contributed by atoms with Crippen LogP contribution < -0.4 is 5.43 Å². The first-order valence-electron chi connectivity index (χ1n) is 11.2. The Morgan fingerprint density at radius 2 is 1.69 bits per heavy atom. The van der Waals surface area contributed by atoms with Crippen molar-refractivity contribution in [2.24, 2.45) is 0 Å². The molecule has 0 spiro atoms. The second kappa shape index (κ2) is 10.2. The average molecular weight is 493 g/mol. The molecule has 0 aliphatic carbocycles. The molecule has 2 aromatic heterocycles. The second-order valence-electron chi connectivity index (χ2n) is 8.37. The first-order chi connectivity index (χ1) is 17.1. The lowest BCUT2D eigenvalue weighted by Crippen LogP contribution is -2.36. The van der Waals surface area contributed by atoms with Gasteiger partial charge < -0.3 is 4.90 Å². The molecule has 9 heteroatoms. The van der Waals surface area contributed by atoms with Gasteiger partial charge in [-0.15, -0.1) is 0 Å². The smallest absolute Gasteiger partial charge is 0.328 e. The molecule has 0 saturated carbocycles. The molecule has 0 atom stereocenters. The van der Waals surface area contributed by atoms with Crippen LogP contribution >= 0.6 is 0 Å². The largest absolute Gasteiger partial charge is 0.418 e. The number of hydrogen-bond donors (Lipinski definition) is 0. The number of carbonyl (C=O) groups excluding carboxylic acids is 1. The summed E-state index contributed by atoms with van der Waals surface area (Å²) < 4.78 is 42.0. The van der Waals surface area contributed by atoms with Crippen LogP contribution in [0.15, 0.2) is 83.9 Å².